The van der Waals surface area contributed by atoms with E-state index in [1.165, 1.54) is 12.2 Å². The summed E-state index contributed by atoms with van der Waals surface area (Å²) in [6, 6.07) is 7.33. The summed E-state index contributed by atoms with van der Waals surface area (Å²) in [5, 5.41) is 8.47. The zero-order valence-corrected chi connectivity index (χ0v) is 7.53. The van der Waals surface area contributed by atoms with E-state index in [4.69, 9.17) is 5.11 Å². The summed E-state index contributed by atoms with van der Waals surface area (Å²) >= 11 is 0. The molecule has 0 aliphatic rings. The topological polar surface area (TPSA) is 37.3 Å². The fourth-order valence-electron chi connectivity index (χ4n) is 0.974. The maximum absolute atomic E-state index is 11.3. The van der Waals surface area contributed by atoms with Crippen molar-refractivity contribution in [2.75, 3.05) is 6.61 Å². The molecule has 0 aliphatic carbocycles. The highest BCUT2D eigenvalue weighted by Crippen LogP contribution is 2.04. The van der Waals surface area contributed by atoms with Gasteiger partial charge in [-0.3, -0.25) is 4.79 Å². The van der Waals surface area contributed by atoms with Crippen molar-refractivity contribution in [3.8, 4) is 0 Å². The first-order chi connectivity index (χ1) is 6.24. The summed E-state index contributed by atoms with van der Waals surface area (Å²) in [6.45, 7) is 1.87. The Kier molecular flexibility index (Phi) is 3.41. The van der Waals surface area contributed by atoms with Crippen LogP contribution in [0.4, 0.5) is 0 Å². The van der Waals surface area contributed by atoms with Gasteiger partial charge in [0.15, 0.2) is 5.78 Å². The Morgan fingerprint density at radius 3 is 2.54 bits per heavy atom. The second-order valence-corrected chi connectivity index (χ2v) is 2.82. The van der Waals surface area contributed by atoms with Gasteiger partial charge in [0.2, 0.25) is 0 Å². The van der Waals surface area contributed by atoms with Gasteiger partial charge in [0.25, 0.3) is 0 Å². The van der Waals surface area contributed by atoms with Crippen molar-refractivity contribution in [1.82, 2.24) is 0 Å². The lowest BCUT2D eigenvalue weighted by molar-refractivity contribution is 0.104. The number of carbonyl (C=O) groups is 1. The standard InChI is InChI=1S/C11H12O2/c1-9-4-6-10(7-5-9)11(13)3-2-8-12/h2-7,12H,8H2,1H3/b3-2+. The zero-order valence-electron chi connectivity index (χ0n) is 7.53. The van der Waals surface area contributed by atoms with Gasteiger partial charge in [-0.25, -0.2) is 0 Å². The molecule has 1 N–H and O–H groups in total. The van der Waals surface area contributed by atoms with E-state index in [1.807, 2.05) is 19.1 Å². The highest BCUT2D eigenvalue weighted by molar-refractivity contribution is 6.04. The van der Waals surface area contributed by atoms with Gasteiger partial charge in [-0.2, -0.15) is 0 Å². The molecule has 0 bridgehead atoms. The molecular formula is C11H12O2. The van der Waals surface area contributed by atoms with E-state index in [0.717, 1.165) is 5.56 Å². The number of aliphatic hydroxyl groups excluding tert-OH is 1. The molecular weight excluding hydrogens is 164 g/mol. The minimum atomic E-state index is -0.0996. The number of aliphatic hydroxyl groups is 1. The fraction of sp³-hybridized carbons (Fsp3) is 0.182. The Morgan fingerprint density at radius 1 is 1.38 bits per heavy atom. The number of hydrogen-bond acceptors (Lipinski definition) is 2. The zero-order chi connectivity index (χ0) is 9.68. The summed E-state index contributed by atoms with van der Waals surface area (Å²) < 4.78 is 0. The van der Waals surface area contributed by atoms with Crippen LogP contribution in [-0.2, 0) is 0 Å². The van der Waals surface area contributed by atoms with Crippen LogP contribution in [0.15, 0.2) is 36.4 Å². The van der Waals surface area contributed by atoms with Gasteiger partial charge in [-0.15, -0.1) is 0 Å². The lowest BCUT2D eigenvalue weighted by Crippen LogP contribution is -1.94. The van der Waals surface area contributed by atoms with Gasteiger partial charge in [-0.05, 0) is 13.0 Å². The lowest BCUT2D eigenvalue weighted by atomic mass is 10.1. The summed E-state index contributed by atoms with van der Waals surface area (Å²) in [5.74, 6) is -0.0750. The molecule has 2 heteroatoms. The molecule has 0 aromatic heterocycles. The first-order valence-electron chi connectivity index (χ1n) is 4.12. The summed E-state index contributed by atoms with van der Waals surface area (Å²) in [4.78, 5) is 11.3. The smallest absolute Gasteiger partial charge is 0.185 e. The Hall–Kier alpha value is -1.41. The van der Waals surface area contributed by atoms with Gasteiger partial charge in [0.05, 0.1) is 6.61 Å². The molecule has 0 fully saturated rings. The molecule has 13 heavy (non-hydrogen) atoms. The average Bonchev–Trinajstić information content (AvgIpc) is 2.15. The van der Waals surface area contributed by atoms with Crippen LogP contribution in [0.5, 0.6) is 0 Å². The van der Waals surface area contributed by atoms with Crippen molar-refractivity contribution in [2.24, 2.45) is 0 Å². The van der Waals surface area contributed by atoms with Crippen LogP contribution >= 0.6 is 0 Å². The van der Waals surface area contributed by atoms with Crippen molar-refractivity contribution < 1.29 is 9.90 Å². The first kappa shape index (κ1) is 9.68. The van der Waals surface area contributed by atoms with E-state index in [9.17, 15) is 4.79 Å². The second-order valence-electron chi connectivity index (χ2n) is 2.82. The molecule has 1 aromatic carbocycles. The lowest BCUT2D eigenvalue weighted by Gasteiger charge is -1.95. The highest BCUT2D eigenvalue weighted by Gasteiger charge is 1.99. The molecule has 2 nitrogen and oxygen atoms in total. The molecule has 68 valence electrons. The van der Waals surface area contributed by atoms with Gasteiger partial charge in [-0.1, -0.05) is 35.9 Å². The summed E-state index contributed by atoms with van der Waals surface area (Å²) in [5.41, 5.74) is 1.78. The quantitative estimate of drug-likeness (QED) is 0.562. The second kappa shape index (κ2) is 4.58. The molecule has 0 radical (unpaired) electrons. The van der Waals surface area contributed by atoms with E-state index in [-0.39, 0.29) is 12.4 Å². The van der Waals surface area contributed by atoms with Gasteiger partial charge in [0.1, 0.15) is 0 Å². The average molecular weight is 176 g/mol. The van der Waals surface area contributed by atoms with E-state index in [1.54, 1.807) is 12.1 Å². The predicted molar refractivity (Wildman–Crippen MR) is 51.7 cm³/mol. The van der Waals surface area contributed by atoms with E-state index in [0.29, 0.717) is 5.56 Å². The largest absolute Gasteiger partial charge is 0.392 e. The normalized spacial score (nSPS) is 10.6. The van der Waals surface area contributed by atoms with Gasteiger partial charge in [0, 0.05) is 5.56 Å². The van der Waals surface area contributed by atoms with Crippen molar-refractivity contribution in [3.05, 3.63) is 47.5 Å². The van der Waals surface area contributed by atoms with E-state index >= 15 is 0 Å². The number of ketones is 1. The van der Waals surface area contributed by atoms with Crippen LogP contribution in [0, 0.1) is 6.92 Å². The maximum atomic E-state index is 11.3. The predicted octanol–water partition coefficient (Wildman–Crippen LogP) is 1.73. The minimum Gasteiger partial charge on any atom is -0.392 e. The maximum Gasteiger partial charge on any atom is 0.185 e. The van der Waals surface area contributed by atoms with Crippen LogP contribution in [0.3, 0.4) is 0 Å². The third-order valence-electron chi connectivity index (χ3n) is 1.71. The molecule has 1 rings (SSSR count). The first-order valence-corrected chi connectivity index (χ1v) is 4.12. The molecule has 0 heterocycles. The van der Waals surface area contributed by atoms with Crippen molar-refractivity contribution in [3.63, 3.8) is 0 Å². The summed E-state index contributed by atoms with van der Waals surface area (Å²) in [7, 11) is 0. The molecule has 0 aliphatic heterocycles. The third kappa shape index (κ3) is 2.84. The van der Waals surface area contributed by atoms with Crippen molar-refractivity contribution in [2.45, 2.75) is 6.92 Å². The molecule has 0 atom stereocenters. The monoisotopic (exact) mass is 176 g/mol. The molecule has 0 saturated carbocycles. The van der Waals surface area contributed by atoms with Gasteiger partial charge >= 0.3 is 0 Å². The molecule has 0 spiro atoms. The van der Waals surface area contributed by atoms with Crippen LogP contribution < -0.4 is 0 Å². The molecule has 1 aromatic rings. The van der Waals surface area contributed by atoms with Crippen molar-refractivity contribution >= 4 is 5.78 Å². The van der Waals surface area contributed by atoms with Gasteiger partial charge < -0.3 is 5.11 Å². The number of hydrogen-bond donors (Lipinski definition) is 1. The third-order valence-corrected chi connectivity index (χ3v) is 1.71. The number of allylic oxidation sites excluding steroid dienone is 1. The minimum absolute atomic E-state index is 0.0750. The Bertz CT molecular complexity index is 309. The van der Waals surface area contributed by atoms with E-state index in [2.05, 4.69) is 0 Å². The van der Waals surface area contributed by atoms with Crippen LogP contribution in [0.2, 0.25) is 0 Å². The summed E-state index contributed by atoms with van der Waals surface area (Å²) in [6.07, 6.45) is 2.81. The number of benzene rings is 1. The highest BCUT2D eigenvalue weighted by atomic mass is 16.2. The fourth-order valence-corrected chi connectivity index (χ4v) is 0.974. The Morgan fingerprint density at radius 2 is 2.00 bits per heavy atom. The molecule has 0 amide bonds. The van der Waals surface area contributed by atoms with Crippen LogP contribution in [-0.4, -0.2) is 17.5 Å². The number of rotatable bonds is 3. The molecule has 0 saturated heterocycles. The number of carbonyl (C=O) groups excluding carboxylic acids is 1. The Labute approximate surface area is 77.5 Å². The van der Waals surface area contributed by atoms with Crippen LogP contribution in [0.25, 0.3) is 0 Å². The molecule has 0 unspecified atom stereocenters. The number of aryl methyl sites for hydroxylation is 1. The van der Waals surface area contributed by atoms with E-state index < -0.39 is 0 Å². The SMILES string of the molecule is Cc1ccc(C(=O)/C=C/CO)cc1. The van der Waals surface area contributed by atoms with Crippen molar-refractivity contribution in [1.29, 1.82) is 0 Å². The Balaban J connectivity index is 2.78. The van der Waals surface area contributed by atoms with Crippen LogP contribution in [0.1, 0.15) is 15.9 Å².